The van der Waals surface area contributed by atoms with Crippen molar-refractivity contribution in [3.8, 4) is 0 Å². The minimum absolute atomic E-state index is 0.212. The zero-order chi connectivity index (χ0) is 18.4. The van der Waals surface area contributed by atoms with Gasteiger partial charge in [-0.15, -0.1) is 0 Å². The first-order valence-corrected chi connectivity index (χ1v) is 8.48. The molecule has 3 aromatic rings. The summed E-state index contributed by atoms with van der Waals surface area (Å²) in [6.07, 6.45) is 2.53. The van der Waals surface area contributed by atoms with Gasteiger partial charge in [0.05, 0.1) is 0 Å². The van der Waals surface area contributed by atoms with Crippen LogP contribution in [0.2, 0.25) is 0 Å². The number of anilines is 2. The van der Waals surface area contributed by atoms with Gasteiger partial charge in [-0.2, -0.15) is 0 Å². The summed E-state index contributed by atoms with van der Waals surface area (Å²) in [5.41, 5.74) is 3.10. The molecule has 0 atom stereocenters. The molecule has 0 unspecified atom stereocenters. The Hall–Kier alpha value is -3.34. The number of aromatic nitrogens is 1. The monoisotopic (exact) mass is 347 g/mol. The zero-order valence-corrected chi connectivity index (χ0v) is 14.6. The maximum absolute atomic E-state index is 12.2. The number of nitrogens with zero attached hydrogens (tertiary/aromatic N) is 1. The summed E-state index contributed by atoms with van der Waals surface area (Å²) < 4.78 is 1.42. The Balaban J connectivity index is 1.54. The molecule has 2 N–H and O–H groups in total. The third-order valence-corrected chi connectivity index (χ3v) is 4.09. The number of carbonyl (C=O) groups is 1. The van der Waals surface area contributed by atoms with E-state index in [0.717, 1.165) is 18.7 Å². The maximum atomic E-state index is 12.2. The van der Waals surface area contributed by atoms with Gasteiger partial charge in [0.2, 0.25) is 0 Å². The van der Waals surface area contributed by atoms with Crippen molar-refractivity contribution in [1.29, 1.82) is 0 Å². The van der Waals surface area contributed by atoms with Gasteiger partial charge >= 0.3 is 0 Å². The molecular formula is C21H21N3O2. The summed E-state index contributed by atoms with van der Waals surface area (Å²) in [6, 6.07) is 20.8. The van der Waals surface area contributed by atoms with Crippen LogP contribution in [0.4, 0.5) is 11.4 Å². The summed E-state index contributed by atoms with van der Waals surface area (Å²) in [7, 11) is 1.65. The fourth-order valence-electron chi connectivity index (χ4n) is 2.56. The van der Waals surface area contributed by atoms with E-state index in [1.807, 2.05) is 42.5 Å². The molecule has 0 saturated carbocycles. The quantitative estimate of drug-likeness (QED) is 0.719. The van der Waals surface area contributed by atoms with Crippen molar-refractivity contribution in [1.82, 2.24) is 4.57 Å². The van der Waals surface area contributed by atoms with Crippen LogP contribution in [0.25, 0.3) is 0 Å². The average molecular weight is 347 g/mol. The molecule has 3 rings (SSSR count). The number of nitrogens with one attached hydrogen (secondary N) is 2. The fourth-order valence-corrected chi connectivity index (χ4v) is 2.56. The Bertz CT molecular complexity index is 931. The molecule has 0 fully saturated rings. The van der Waals surface area contributed by atoms with Crippen molar-refractivity contribution in [2.75, 3.05) is 17.2 Å². The van der Waals surface area contributed by atoms with Gasteiger partial charge in [0.1, 0.15) is 0 Å². The van der Waals surface area contributed by atoms with Crippen LogP contribution in [-0.4, -0.2) is 17.0 Å². The van der Waals surface area contributed by atoms with Crippen LogP contribution in [0.3, 0.4) is 0 Å². The zero-order valence-electron chi connectivity index (χ0n) is 14.6. The summed E-state index contributed by atoms with van der Waals surface area (Å²) >= 11 is 0. The third kappa shape index (κ3) is 4.60. The molecule has 1 aromatic heterocycles. The standard InChI is InChI=1S/C21H21N3O2/c1-24-14-12-17(15-20(24)25)21(26)23-19-9-7-18(8-10-19)22-13-11-16-5-3-2-4-6-16/h2-10,12,14-15,22H,11,13H2,1H3,(H,23,26). The predicted molar refractivity (Wildman–Crippen MR) is 105 cm³/mol. The molecule has 0 aliphatic heterocycles. The Morgan fingerprint density at radius 1 is 0.962 bits per heavy atom. The summed E-state index contributed by atoms with van der Waals surface area (Å²) in [5, 5.41) is 6.16. The van der Waals surface area contributed by atoms with E-state index in [9.17, 15) is 9.59 Å². The van der Waals surface area contributed by atoms with Crippen LogP contribution in [0.1, 0.15) is 15.9 Å². The van der Waals surface area contributed by atoms with E-state index in [1.54, 1.807) is 19.3 Å². The van der Waals surface area contributed by atoms with Crippen LogP contribution in [0.5, 0.6) is 0 Å². The number of pyridine rings is 1. The van der Waals surface area contributed by atoms with E-state index in [2.05, 4.69) is 22.8 Å². The van der Waals surface area contributed by atoms with Crippen LogP contribution in [0, 0.1) is 0 Å². The van der Waals surface area contributed by atoms with Crippen molar-refractivity contribution < 1.29 is 4.79 Å². The molecule has 0 bridgehead atoms. The molecule has 0 spiro atoms. The molecule has 5 nitrogen and oxygen atoms in total. The predicted octanol–water partition coefficient (Wildman–Crippen LogP) is 3.29. The maximum Gasteiger partial charge on any atom is 0.255 e. The Labute approximate surface area is 152 Å². The lowest BCUT2D eigenvalue weighted by Gasteiger charge is -2.09. The second-order valence-electron chi connectivity index (χ2n) is 6.06. The van der Waals surface area contributed by atoms with E-state index >= 15 is 0 Å². The molecule has 0 aliphatic rings. The van der Waals surface area contributed by atoms with E-state index < -0.39 is 0 Å². The lowest BCUT2D eigenvalue weighted by Crippen LogP contribution is -2.19. The van der Waals surface area contributed by atoms with E-state index in [1.165, 1.54) is 16.2 Å². The second-order valence-corrected chi connectivity index (χ2v) is 6.06. The minimum Gasteiger partial charge on any atom is -0.385 e. The molecule has 5 heteroatoms. The van der Waals surface area contributed by atoms with Gasteiger partial charge in [0, 0.05) is 42.8 Å². The van der Waals surface area contributed by atoms with Crippen molar-refractivity contribution in [3.63, 3.8) is 0 Å². The number of hydrogen-bond acceptors (Lipinski definition) is 3. The average Bonchev–Trinajstić information content (AvgIpc) is 2.66. The lowest BCUT2D eigenvalue weighted by atomic mass is 10.1. The topological polar surface area (TPSA) is 63.1 Å². The van der Waals surface area contributed by atoms with Crippen molar-refractivity contribution in [2.24, 2.45) is 7.05 Å². The SMILES string of the molecule is Cn1ccc(C(=O)Nc2ccc(NCCc3ccccc3)cc2)cc1=O. The first-order valence-electron chi connectivity index (χ1n) is 8.48. The third-order valence-electron chi connectivity index (χ3n) is 4.09. The molecule has 0 saturated heterocycles. The number of hydrogen-bond donors (Lipinski definition) is 2. The molecule has 1 heterocycles. The lowest BCUT2D eigenvalue weighted by molar-refractivity contribution is 0.102. The van der Waals surface area contributed by atoms with Crippen LogP contribution < -0.4 is 16.2 Å². The Kier molecular flexibility index (Phi) is 5.49. The number of rotatable bonds is 6. The number of aryl methyl sites for hydroxylation is 1. The van der Waals surface area contributed by atoms with Gasteiger partial charge in [-0.3, -0.25) is 9.59 Å². The Morgan fingerprint density at radius 2 is 1.65 bits per heavy atom. The highest BCUT2D eigenvalue weighted by atomic mass is 16.2. The normalized spacial score (nSPS) is 10.3. The number of benzene rings is 2. The van der Waals surface area contributed by atoms with Crippen LogP contribution in [0.15, 0.2) is 77.7 Å². The molecule has 0 radical (unpaired) electrons. The highest BCUT2D eigenvalue weighted by molar-refractivity contribution is 6.04. The van der Waals surface area contributed by atoms with Gasteiger partial charge in [0.25, 0.3) is 11.5 Å². The highest BCUT2D eigenvalue weighted by Crippen LogP contribution is 2.14. The van der Waals surface area contributed by atoms with Crippen LogP contribution in [-0.2, 0) is 13.5 Å². The molecule has 0 aliphatic carbocycles. The minimum atomic E-state index is -0.299. The summed E-state index contributed by atoms with van der Waals surface area (Å²) in [5.74, 6) is -0.299. The van der Waals surface area contributed by atoms with E-state index in [0.29, 0.717) is 11.3 Å². The molecule has 26 heavy (non-hydrogen) atoms. The number of amides is 1. The van der Waals surface area contributed by atoms with E-state index in [4.69, 9.17) is 0 Å². The largest absolute Gasteiger partial charge is 0.385 e. The molecule has 2 aromatic carbocycles. The van der Waals surface area contributed by atoms with Gasteiger partial charge in [-0.05, 0) is 42.3 Å². The molecular weight excluding hydrogens is 326 g/mol. The van der Waals surface area contributed by atoms with Gasteiger partial charge in [-0.1, -0.05) is 30.3 Å². The van der Waals surface area contributed by atoms with Gasteiger partial charge in [-0.25, -0.2) is 0 Å². The smallest absolute Gasteiger partial charge is 0.255 e. The van der Waals surface area contributed by atoms with Crippen molar-refractivity contribution >= 4 is 17.3 Å². The van der Waals surface area contributed by atoms with E-state index in [-0.39, 0.29) is 11.5 Å². The second kappa shape index (κ2) is 8.16. The van der Waals surface area contributed by atoms with Crippen molar-refractivity contribution in [2.45, 2.75) is 6.42 Å². The van der Waals surface area contributed by atoms with Gasteiger partial charge < -0.3 is 15.2 Å². The first-order chi connectivity index (χ1) is 12.6. The highest BCUT2D eigenvalue weighted by Gasteiger charge is 2.07. The molecule has 132 valence electrons. The fraction of sp³-hybridized carbons (Fsp3) is 0.143. The number of carbonyl (C=O) groups excluding carboxylic acids is 1. The van der Waals surface area contributed by atoms with Gasteiger partial charge in [0.15, 0.2) is 0 Å². The summed E-state index contributed by atoms with van der Waals surface area (Å²) in [4.78, 5) is 23.8. The molecule has 1 amide bonds. The first kappa shape index (κ1) is 17.5. The van der Waals surface area contributed by atoms with Crippen LogP contribution >= 0.6 is 0 Å². The summed E-state index contributed by atoms with van der Waals surface area (Å²) in [6.45, 7) is 0.836. The Morgan fingerprint density at radius 3 is 2.35 bits per heavy atom. The van der Waals surface area contributed by atoms with Crippen molar-refractivity contribution in [3.05, 3.63) is 94.4 Å².